The van der Waals surface area contributed by atoms with Gasteiger partial charge in [-0.2, -0.15) is 5.10 Å². The molecule has 8 heteroatoms. The van der Waals surface area contributed by atoms with Crippen LogP contribution in [0, 0.1) is 0 Å². The second kappa shape index (κ2) is 7.35. The van der Waals surface area contributed by atoms with Crippen LogP contribution in [0.1, 0.15) is 25.1 Å². The minimum absolute atomic E-state index is 0.851. The van der Waals surface area contributed by atoms with E-state index in [4.69, 9.17) is 0 Å². The van der Waals surface area contributed by atoms with E-state index >= 15 is 0 Å². The standard InChI is InChI=1S/C17H26N8/c1-22-17(18-14-19-22)13-23-9-11-25(12-10-23)16-6-5-15(20-21-16)24-7-3-2-4-8-24/h5-6,14H,2-4,7-13H2,1H3. The average Bonchev–Trinajstić information content (AvgIpc) is 3.08. The number of nitrogens with zero attached hydrogens (tertiary/aromatic N) is 8. The predicted octanol–water partition coefficient (Wildman–Crippen LogP) is 0.918. The molecule has 0 bridgehead atoms. The van der Waals surface area contributed by atoms with Crippen LogP contribution in [0.2, 0.25) is 0 Å². The highest BCUT2D eigenvalue weighted by molar-refractivity contribution is 5.45. The zero-order chi connectivity index (χ0) is 17.1. The van der Waals surface area contributed by atoms with E-state index in [-0.39, 0.29) is 0 Å². The van der Waals surface area contributed by atoms with Crippen molar-refractivity contribution in [2.45, 2.75) is 25.8 Å². The Morgan fingerprint density at radius 2 is 1.48 bits per heavy atom. The predicted molar refractivity (Wildman–Crippen MR) is 96.6 cm³/mol. The lowest BCUT2D eigenvalue weighted by molar-refractivity contribution is 0.240. The second-order valence-electron chi connectivity index (χ2n) is 6.86. The van der Waals surface area contributed by atoms with Crippen LogP contribution >= 0.6 is 0 Å². The van der Waals surface area contributed by atoms with Crippen LogP contribution in [-0.2, 0) is 13.6 Å². The van der Waals surface area contributed by atoms with Crippen molar-refractivity contribution in [3.8, 4) is 0 Å². The second-order valence-corrected chi connectivity index (χ2v) is 6.86. The van der Waals surface area contributed by atoms with Gasteiger partial charge in [0.2, 0.25) is 0 Å². The van der Waals surface area contributed by atoms with Crippen LogP contribution < -0.4 is 9.80 Å². The topological polar surface area (TPSA) is 66.2 Å². The molecule has 2 fully saturated rings. The summed E-state index contributed by atoms with van der Waals surface area (Å²) >= 11 is 0. The van der Waals surface area contributed by atoms with Gasteiger partial charge in [0.05, 0.1) is 6.54 Å². The first-order valence-corrected chi connectivity index (χ1v) is 9.18. The molecule has 2 aliphatic heterocycles. The molecule has 2 saturated heterocycles. The third-order valence-electron chi connectivity index (χ3n) is 5.18. The van der Waals surface area contributed by atoms with E-state index in [9.17, 15) is 0 Å². The highest BCUT2D eigenvalue weighted by atomic mass is 15.4. The van der Waals surface area contributed by atoms with Gasteiger partial charge in [0.25, 0.3) is 0 Å². The maximum atomic E-state index is 4.48. The molecule has 4 rings (SSSR count). The summed E-state index contributed by atoms with van der Waals surface area (Å²) in [5.74, 6) is 3.02. The summed E-state index contributed by atoms with van der Waals surface area (Å²) in [6.45, 7) is 7.00. The number of hydrogen-bond donors (Lipinski definition) is 0. The molecule has 0 aromatic carbocycles. The molecule has 0 N–H and O–H groups in total. The van der Waals surface area contributed by atoms with Crippen molar-refractivity contribution in [3.05, 3.63) is 24.3 Å². The van der Waals surface area contributed by atoms with Gasteiger partial charge in [-0.15, -0.1) is 10.2 Å². The van der Waals surface area contributed by atoms with E-state index in [0.717, 1.165) is 63.3 Å². The Kier molecular flexibility index (Phi) is 4.78. The van der Waals surface area contributed by atoms with Gasteiger partial charge < -0.3 is 9.80 Å². The number of aromatic nitrogens is 5. The molecule has 0 radical (unpaired) electrons. The van der Waals surface area contributed by atoms with Crippen molar-refractivity contribution < 1.29 is 0 Å². The maximum absolute atomic E-state index is 4.48. The summed E-state index contributed by atoms with van der Waals surface area (Å²) in [5, 5.41) is 13.1. The van der Waals surface area contributed by atoms with Crippen LogP contribution in [0.4, 0.5) is 11.6 Å². The molecule has 134 valence electrons. The molecule has 0 amide bonds. The molecule has 4 heterocycles. The molecule has 2 aromatic heterocycles. The number of piperidine rings is 1. The number of piperazine rings is 1. The minimum atomic E-state index is 0.851. The highest BCUT2D eigenvalue weighted by Crippen LogP contribution is 2.20. The minimum Gasteiger partial charge on any atom is -0.355 e. The van der Waals surface area contributed by atoms with Gasteiger partial charge in [-0.05, 0) is 31.4 Å². The quantitative estimate of drug-likeness (QED) is 0.818. The first-order valence-electron chi connectivity index (χ1n) is 9.18. The molecule has 0 atom stereocenters. The molecule has 25 heavy (non-hydrogen) atoms. The fourth-order valence-electron chi connectivity index (χ4n) is 3.58. The molecule has 2 aliphatic rings. The van der Waals surface area contributed by atoms with Gasteiger partial charge in [-0.3, -0.25) is 9.58 Å². The summed E-state index contributed by atoms with van der Waals surface area (Å²) < 4.78 is 1.84. The van der Waals surface area contributed by atoms with E-state index < -0.39 is 0 Å². The summed E-state index contributed by atoms with van der Waals surface area (Å²) in [7, 11) is 1.94. The largest absolute Gasteiger partial charge is 0.355 e. The van der Waals surface area contributed by atoms with Gasteiger partial charge in [-0.25, -0.2) is 4.98 Å². The highest BCUT2D eigenvalue weighted by Gasteiger charge is 2.20. The molecule has 2 aromatic rings. The Morgan fingerprint density at radius 1 is 0.840 bits per heavy atom. The molecule has 0 saturated carbocycles. The molecule has 0 unspecified atom stereocenters. The lowest BCUT2D eigenvalue weighted by atomic mass is 10.1. The Hall–Kier alpha value is -2.22. The first-order chi connectivity index (χ1) is 12.3. The number of anilines is 2. The molecule has 0 spiro atoms. The van der Waals surface area contributed by atoms with Crippen molar-refractivity contribution in [3.63, 3.8) is 0 Å². The maximum Gasteiger partial charge on any atom is 0.151 e. The van der Waals surface area contributed by atoms with Gasteiger partial charge in [-0.1, -0.05) is 0 Å². The van der Waals surface area contributed by atoms with Gasteiger partial charge in [0, 0.05) is 46.3 Å². The summed E-state index contributed by atoms with van der Waals surface area (Å²) in [4.78, 5) is 11.4. The number of hydrogen-bond acceptors (Lipinski definition) is 7. The van der Waals surface area contributed by atoms with E-state index in [0.29, 0.717) is 0 Å². The Morgan fingerprint density at radius 3 is 2.04 bits per heavy atom. The average molecular weight is 342 g/mol. The van der Waals surface area contributed by atoms with E-state index in [1.165, 1.54) is 19.3 Å². The van der Waals surface area contributed by atoms with E-state index in [1.54, 1.807) is 6.33 Å². The SMILES string of the molecule is Cn1ncnc1CN1CCN(c2ccc(N3CCCCC3)nn2)CC1. The van der Waals surface area contributed by atoms with Gasteiger partial charge in [0.15, 0.2) is 11.6 Å². The Balaban J connectivity index is 1.32. The van der Waals surface area contributed by atoms with Crippen LogP contribution in [0.5, 0.6) is 0 Å². The fourth-order valence-corrected chi connectivity index (χ4v) is 3.58. The van der Waals surface area contributed by atoms with Crippen molar-refractivity contribution in [2.75, 3.05) is 49.1 Å². The van der Waals surface area contributed by atoms with E-state index in [1.807, 2.05) is 11.7 Å². The van der Waals surface area contributed by atoms with Crippen LogP contribution in [0.3, 0.4) is 0 Å². The number of aryl methyl sites for hydroxylation is 1. The Labute approximate surface area is 148 Å². The van der Waals surface area contributed by atoms with Gasteiger partial charge in [0.1, 0.15) is 12.2 Å². The first kappa shape index (κ1) is 16.3. The molecular formula is C17H26N8. The molecule has 0 aliphatic carbocycles. The van der Waals surface area contributed by atoms with Gasteiger partial charge >= 0.3 is 0 Å². The fraction of sp³-hybridized carbons (Fsp3) is 0.647. The Bertz CT molecular complexity index is 668. The smallest absolute Gasteiger partial charge is 0.151 e. The molecular weight excluding hydrogens is 316 g/mol. The van der Waals surface area contributed by atoms with Crippen molar-refractivity contribution >= 4 is 11.6 Å². The third-order valence-corrected chi connectivity index (χ3v) is 5.18. The normalized spacial score (nSPS) is 19.4. The van der Waals surface area contributed by atoms with Crippen molar-refractivity contribution in [2.24, 2.45) is 7.05 Å². The van der Waals surface area contributed by atoms with E-state index in [2.05, 4.69) is 47.1 Å². The van der Waals surface area contributed by atoms with Crippen LogP contribution in [0.15, 0.2) is 18.5 Å². The van der Waals surface area contributed by atoms with Crippen LogP contribution in [0.25, 0.3) is 0 Å². The number of rotatable bonds is 4. The third kappa shape index (κ3) is 3.73. The summed E-state index contributed by atoms with van der Waals surface area (Å²) in [6, 6.07) is 4.24. The summed E-state index contributed by atoms with van der Waals surface area (Å²) in [5.41, 5.74) is 0. The lowest BCUT2D eigenvalue weighted by Crippen LogP contribution is -2.46. The monoisotopic (exact) mass is 342 g/mol. The summed E-state index contributed by atoms with van der Waals surface area (Å²) in [6.07, 6.45) is 5.47. The van der Waals surface area contributed by atoms with Crippen LogP contribution in [-0.4, -0.2) is 69.1 Å². The van der Waals surface area contributed by atoms with Crippen molar-refractivity contribution in [1.29, 1.82) is 0 Å². The van der Waals surface area contributed by atoms with Crippen molar-refractivity contribution in [1.82, 2.24) is 29.9 Å². The molecule has 8 nitrogen and oxygen atoms in total. The zero-order valence-electron chi connectivity index (χ0n) is 14.9. The lowest BCUT2D eigenvalue weighted by Gasteiger charge is -2.35. The zero-order valence-corrected chi connectivity index (χ0v) is 14.9.